The zero-order valence-electron chi connectivity index (χ0n) is 10.3. The number of carbonyl (C=O) groups excluding carboxylic acids is 1. The summed E-state index contributed by atoms with van der Waals surface area (Å²) in [7, 11) is 3.48. The highest BCUT2D eigenvalue weighted by molar-refractivity contribution is 5.94. The number of aryl methyl sites for hydroxylation is 1. The lowest BCUT2D eigenvalue weighted by atomic mass is 10.1. The van der Waals surface area contributed by atoms with Crippen LogP contribution in [0.15, 0.2) is 18.2 Å². The highest BCUT2D eigenvalue weighted by atomic mass is 35.5. The van der Waals surface area contributed by atoms with Crippen molar-refractivity contribution in [2.75, 3.05) is 27.2 Å². The fourth-order valence-electron chi connectivity index (χ4n) is 1.39. The Hall–Kier alpha value is -1.13. The minimum absolute atomic E-state index is 0. The molecule has 0 heterocycles. The van der Waals surface area contributed by atoms with Gasteiger partial charge in [-0.2, -0.15) is 0 Å². The van der Waals surface area contributed by atoms with Crippen molar-refractivity contribution in [3.8, 4) is 0 Å². The predicted octanol–water partition coefficient (Wildman–Crippen LogP) is 1.85. The van der Waals surface area contributed by atoms with E-state index in [-0.39, 0.29) is 23.9 Å². The van der Waals surface area contributed by atoms with E-state index in [9.17, 15) is 9.18 Å². The van der Waals surface area contributed by atoms with Gasteiger partial charge < -0.3 is 10.2 Å². The zero-order chi connectivity index (χ0) is 12.1. The molecule has 17 heavy (non-hydrogen) atoms. The number of benzene rings is 1. The Morgan fingerprint density at radius 2 is 2.12 bits per heavy atom. The second-order valence-electron chi connectivity index (χ2n) is 3.81. The lowest BCUT2D eigenvalue weighted by Crippen LogP contribution is -2.33. The fourth-order valence-corrected chi connectivity index (χ4v) is 1.39. The Morgan fingerprint density at radius 3 is 2.71 bits per heavy atom. The number of nitrogens with one attached hydrogen (secondary N) is 1. The van der Waals surface area contributed by atoms with Crippen LogP contribution >= 0.6 is 12.4 Å². The van der Waals surface area contributed by atoms with Crippen LogP contribution in [0.4, 0.5) is 4.39 Å². The second kappa shape index (κ2) is 7.25. The topological polar surface area (TPSA) is 32.3 Å². The molecule has 0 atom stereocenters. The molecule has 96 valence electrons. The summed E-state index contributed by atoms with van der Waals surface area (Å²) >= 11 is 0. The molecule has 0 aromatic heterocycles. The predicted molar refractivity (Wildman–Crippen MR) is 69.3 cm³/mol. The molecule has 0 spiro atoms. The summed E-state index contributed by atoms with van der Waals surface area (Å²) in [4.78, 5) is 13.4. The minimum Gasteiger partial charge on any atom is -0.340 e. The summed E-state index contributed by atoms with van der Waals surface area (Å²) in [6.45, 7) is 3.09. The minimum atomic E-state index is -0.466. The molecule has 0 radical (unpaired) electrons. The van der Waals surface area contributed by atoms with E-state index in [1.165, 1.54) is 11.0 Å². The van der Waals surface area contributed by atoms with E-state index in [1.807, 2.05) is 14.0 Å². The van der Waals surface area contributed by atoms with Crippen molar-refractivity contribution in [2.45, 2.75) is 6.92 Å². The summed E-state index contributed by atoms with van der Waals surface area (Å²) in [6.07, 6.45) is 0. The SMILES string of the molecule is CNCCN(C)C(=O)c1cc(C)ccc1F.Cl. The van der Waals surface area contributed by atoms with Gasteiger partial charge in [0.05, 0.1) is 5.56 Å². The molecule has 3 nitrogen and oxygen atoms in total. The van der Waals surface area contributed by atoms with Crippen LogP contribution in [0.5, 0.6) is 0 Å². The molecule has 1 aromatic carbocycles. The van der Waals surface area contributed by atoms with Crippen molar-refractivity contribution in [1.82, 2.24) is 10.2 Å². The monoisotopic (exact) mass is 260 g/mol. The Morgan fingerprint density at radius 1 is 1.47 bits per heavy atom. The van der Waals surface area contributed by atoms with Crippen LogP contribution in [-0.4, -0.2) is 38.0 Å². The molecule has 1 aromatic rings. The van der Waals surface area contributed by atoms with Crippen molar-refractivity contribution in [3.05, 3.63) is 35.1 Å². The lowest BCUT2D eigenvalue weighted by molar-refractivity contribution is 0.0792. The van der Waals surface area contributed by atoms with Gasteiger partial charge >= 0.3 is 0 Å². The molecule has 0 aliphatic carbocycles. The second-order valence-corrected chi connectivity index (χ2v) is 3.81. The third-order valence-electron chi connectivity index (χ3n) is 2.40. The van der Waals surface area contributed by atoms with E-state index in [2.05, 4.69) is 5.32 Å². The first kappa shape index (κ1) is 15.9. The van der Waals surface area contributed by atoms with Gasteiger partial charge in [0.2, 0.25) is 0 Å². The van der Waals surface area contributed by atoms with Gasteiger partial charge in [-0.15, -0.1) is 12.4 Å². The number of halogens is 2. The molecule has 0 saturated carbocycles. The summed E-state index contributed by atoms with van der Waals surface area (Å²) < 4.78 is 13.4. The molecule has 0 bridgehead atoms. The molecule has 1 amide bonds. The molecule has 0 fully saturated rings. The summed E-state index contributed by atoms with van der Waals surface area (Å²) in [5, 5.41) is 2.94. The Balaban J connectivity index is 0.00000256. The Kier molecular flexibility index (Phi) is 6.76. The van der Waals surface area contributed by atoms with Gasteiger partial charge in [0.1, 0.15) is 5.82 Å². The Bertz CT molecular complexity index is 385. The molecule has 1 N–H and O–H groups in total. The molecule has 0 unspecified atom stereocenters. The summed E-state index contributed by atoms with van der Waals surface area (Å²) in [6, 6.07) is 4.56. The molecular formula is C12H18ClFN2O. The average molecular weight is 261 g/mol. The van der Waals surface area contributed by atoms with Crippen molar-refractivity contribution in [2.24, 2.45) is 0 Å². The maximum absolute atomic E-state index is 13.4. The molecule has 0 aliphatic heterocycles. The highest BCUT2D eigenvalue weighted by Crippen LogP contribution is 2.11. The van der Waals surface area contributed by atoms with Gasteiger partial charge in [-0.3, -0.25) is 4.79 Å². The number of hydrogen-bond donors (Lipinski definition) is 1. The first-order valence-corrected chi connectivity index (χ1v) is 5.22. The molecule has 1 rings (SSSR count). The van der Waals surface area contributed by atoms with Crippen LogP contribution in [0.2, 0.25) is 0 Å². The first-order valence-electron chi connectivity index (χ1n) is 5.22. The third-order valence-corrected chi connectivity index (χ3v) is 2.40. The van der Waals surface area contributed by atoms with E-state index in [4.69, 9.17) is 0 Å². The van der Waals surface area contributed by atoms with Crippen molar-refractivity contribution < 1.29 is 9.18 Å². The van der Waals surface area contributed by atoms with Crippen LogP contribution in [0.3, 0.4) is 0 Å². The number of amides is 1. The summed E-state index contributed by atoms with van der Waals surface area (Å²) in [5.74, 6) is -0.747. The zero-order valence-corrected chi connectivity index (χ0v) is 11.1. The molecule has 0 saturated heterocycles. The fraction of sp³-hybridized carbons (Fsp3) is 0.417. The summed E-state index contributed by atoms with van der Waals surface area (Å²) in [5.41, 5.74) is 1.02. The van der Waals surface area contributed by atoms with Gasteiger partial charge in [-0.25, -0.2) is 4.39 Å². The lowest BCUT2D eigenvalue weighted by Gasteiger charge is -2.17. The van der Waals surface area contributed by atoms with Gasteiger partial charge in [-0.1, -0.05) is 11.6 Å². The number of rotatable bonds is 4. The van der Waals surface area contributed by atoms with Crippen LogP contribution in [0.1, 0.15) is 15.9 Å². The van der Waals surface area contributed by atoms with Gasteiger partial charge in [0.15, 0.2) is 0 Å². The number of carbonyl (C=O) groups is 1. The van der Waals surface area contributed by atoms with E-state index < -0.39 is 5.82 Å². The standard InChI is InChI=1S/C12H17FN2O.ClH/c1-9-4-5-11(13)10(8-9)12(16)15(3)7-6-14-2;/h4-5,8,14H,6-7H2,1-3H3;1H. The van der Waals surface area contributed by atoms with Crippen molar-refractivity contribution in [3.63, 3.8) is 0 Å². The Labute approximate surface area is 107 Å². The van der Waals surface area contributed by atoms with Crippen LogP contribution in [0, 0.1) is 12.7 Å². The van der Waals surface area contributed by atoms with Crippen molar-refractivity contribution in [1.29, 1.82) is 0 Å². The molecule has 5 heteroatoms. The number of nitrogens with zero attached hydrogens (tertiary/aromatic N) is 1. The van der Waals surface area contributed by atoms with Crippen molar-refractivity contribution >= 4 is 18.3 Å². The third kappa shape index (κ3) is 4.32. The number of hydrogen-bond acceptors (Lipinski definition) is 2. The molecular weight excluding hydrogens is 243 g/mol. The maximum Gasteiger partial charge on any atom is 0.256 e. The van der Waals surface area contributed by atoms with E-state index in [0.717, 1.165) is 5.56 Å². The first-order chi connectivity index (χ1) is 7.56. The average Bonchev–Trinajstić information content (AvgIpc) is 2.28. The molecule has 0 aliphatic rings. The van der Waals surface area contributed by atoms with Crippen LogP contribution in [-0.2, 0) is 0 Å². The normalized spacial score (nSPS) is 9.65. The van der Waals surface area contributed by atoms with Crippen LogP contribution < -0.4 is 5.32 Å². The van der Waals surface area contributed by atoms with Gasteiger partial charge in [0, 0.05) is 20.1 Å². The quantitative estimate of drug-likeness (QED) is 0.896. The maximum atomic E-state index is 13.4. The van der Waals surface area contributed by atoms with Crippen LogP contribution in [0.25, 0.3) is 0 Å². The highest BCUT2D eigenvalue weighted by Gasteiger charge is 2.15. The smallest absolute Gasteiger partial charge is 0.256 e. The number of likely N-dealkylation sites (N-methyl/N-ethyl adjacent to an activating group) is 2. The van der Waals surface area contributed by atoms with Gasteiger partial charge in [-0.05, 0) is 26.1 Å². The van der Waals surface area contributed by atoms with Gasteiger partial charge in [0.25, 0.3) is 5.91 Å². The largest absolute Gasteiger partial charge is 0.340 e. The van der Waals surface area contributed by atoms with E-state index >= 15 is 0 Å². The van der Waals surface area contributed by atoms with E-state index in [0.29, 0.717) is 13.1 Å². The van der Waals surface area contributed by atoms with E-state index in [1.54, 1.807) is 19.2 Å².